The van der Waals surface area contributed by atoms with Gasteiger partial charge in [0, 0.05) is 24.9 Å². The summed E-state index contributed by atoms with van der Waals surface area (Å²) in [6.07, 6.45) is 3.30. The monoisotopic (exact) mass is 296 g/mol. The zero-order valence-electron chi connectivity index (χ0n) is 12.1. The molecule has 1 aliphatic heterocycles. The third kappa shape index (κ3) is 2.03. The van der Waals surface area contributed by atoms with Gasteiger partial charge in [-0.3, -0.25) is 19.5 Å². The van der Waals surface area contributed by atoms with Crippen LogP contribution in [0.3, 0.4) is 0 Å². The highest BCUT2D eigenvalue weighted by Gasteiger charge is 2.34. The highest BCUT2D eigenvalue weighted by Crippen LogP contribution is 2.33. The summed E-state index contributed by atoms with van der Waals surface area (Å²) in [5.74, 6) is 0.833. The molecule has 0 saturated carbocycles. The summed E-state index contributed by atoms with van der Waals surface area (Å²) in [6, 6.07) is 7.32. The molecule has 1 atom stereocenters. The number of amides is 1. The third-order valence-corrected chi connectivity index (χ3v) is 4.44. The van der Waals surface area contributed by atoms with Crippen molar-refractivity contribution in [2.75, 3.05) is 5.32 Å². The number of hydrogen-bond donors (Lipinski definition) is 1. The maximum Gasteiger partial charge on any atom is 0.234 e. The lowest BCUT2D eigenvalue weighted by Crippen LogP contribution is -2.23. The molecule has 0 spiro atoms. The van der Waals surface area contributed by atoms with Crippen LogP contribution in [0.2, 0.25) is 0 Å². The predicted octanol–water partition coefficient (Wildman–Crippen LogP) is 1.92. The van der Waals surface area contributed by atoms with Gasteiger partial charge in [0.15, 0.2) is 5.78 Å². The van der Waals surface area contributed by atoms with Gasteiger partial charge in [-0.25, -0.2) is 0 Å². The fraction of sp³-hybridized carbons (Fsp3) is 0.375. The maximum absolute atomic E-state index is 12.6. The summed E-state index contributed by atoms with van der Waals surface area (Å²) in [7, 11) is 0. The molecule has 2 aliphatic rings. The summed E-state index contributed by atoms with van der Waals surface area (Å²) in [5.41, 5.74) is 1.47. The van der Waals surface area contributed by atoms with Crippen LogP contribution in [0, 0.1) is 0 Å². The molecular weight excluding hydrogens is 280 g/mol. The van der Waals surface area contributed by atoms with E-state index in [1.54, 1.807) is 6.07 Å². The molecule has 1 aromatic carbocycles. The number of benzene rings is 1. The number of carbonyl (C=O) groups is 2. The fourth-order valence-corrected chi connectivity index (χ4v) is 3.29. The van der Waals surface area contributed by atoms with E-state index in [2.05, 4.69) is 15.5 Å². The molecule has 6 nitrogen and oxygen atoms in total. The molecule has 2 aromatic rings. The predicted molar refractivity (Wildman–Crippen MR) is 79.7 cm³/mol. The van der Waals surface area contributed by atoms with Crippen LogP contribution in [0.15, 0.2) is 24.3 Å². The van der Waals surface area contributed by atoms with Crippen molar-refractivity contribution in [1.82, 2.24) is 14.8 Å². The van der Waals surface area contributed by atoms with Crippen molar-refractivity contribution >= 4 is 17.6 Å². The highest BCUT2D eigenvalue weighted by atomic mass is 16.2. The van der Waals surface area contributed by atoms with E-state index in [0.717, 1.165) is 37.2 Å². The van der Waals surface area contributed by atoms with Crippen molar-refractivity contribution in [2.45, 2.75) is 38.1 Å². The number of carbonyl (C=O) groups excluding carboxylic acids is 2. The second-order valence-corrected chi connectivity index (χ2v) is 5.80. The van der Waals surface area contributed by atoms with Crippen molar-refractivity contribution in [2.24, 2.45) is 0 Å². The molecule has 1 aromatic heterocycles. The number of nitrogens with one attached hydrogen (secondary N) is 1. The van der Waals surface area contributed by atoms with Gasteiger partial charge < -0.3 is 0 Å². The van der Waals surface area contributed by atoms with Gasteiger partial charge in [-0.1, -0.05) is 24.3 Å². The van der Waals surface area contributed by atoms with Crippen LogP contribution in [0.25, 0.3) is 0 Å². The van der Waals surface area contributed by atoms with Crippen molar-refractivity contribution in [1.29, 1.82) is 0 Å². The Labute approximate surface area is 127 Å². The zero-order valence-corrected chi connectivity index (χ0v) is 12.1. The number of hydrogen-bond acceptors (Lipinski definition) is 4. The summed E-state index contributed by atoms with van der Waals surface area (Å²) in [4.78, 5) is 24.6. The minimum atomic E-state index is -0.430. The molecule has 0 bridgehead atoms. The van der Waals surface area contributed by atoms with Gasteiger partial charge in [-0.2, -0.15) is 0 Å². The summed E-state index contributed by atoms with van der Waals surface area (Å²) in [5, 5.41) is 11.1. The van der Waals surface area contributed by atoms with Crippen molar-refractivity contribution in [3.63, 3.8) is 0 Å². The Kier molecular flexibility index (Phi) is 3.03. The molecule has 1 amide bonds. The molecule has 112 valence electrons. The number of aromatic nitrogens is 3. The minimum absolute atomic E-state index is 0.0269. The van der Waals surface area contributed by atoms with E-state index < -0.39 is 5.92 Å². The van der Waals surface area contributed by atoms with E-state index in [1.165, 1.54) is 0 Å². The Bertz CT molecular complexity index is 765. The van der Waals surface area contributed by atoms with Gasteiger partial charge >= 0.3 is 0 Å². The number of Topliss-reactive ketones (excluding diaryl/α,β-unsaturated/α-hetero) is 1. The van der Waals surface area contributed by atoms with E-state index in [4.69, 9.17) is 0 Å². The Morgan fingerprint density at radius 1 is 1.23 bits per heavy atom. The Morgan fingerprint density at radius 2 is 2.09 bits per heavy atom. The van der Waals surface area contributed by atoms with E-state index >= 15 is 0 Å². The average molecular weight is 296 g/mol. The van der Waals surface area contributed by atoms with E-state index in [1.807, 2.05) is 22.8 Å². The lowest BCUT2D eigenvalue weighted by molar-refractivity contribution is -0.117. The van der Waals surface area contributed by atoms with Crippen LogP contribution in [-0.2, 0) is 17.8 Å². The second-order valence-electron chi connectivity index (χ2n) is 5.80. The van der Waals surface area contributed by atoms with Crippen molar-refractivity contribution in [3.8, 4) is 0 Å². The topological polar surface area (TPSA) is 76.9 Å². The van der Waals surface area contributed by atoms with Crippen LogP contribution in [0.4, 0.5) is 5.95 Å². The Morgan fingerprint density at radius 3 is 3.00 bits per heavy atom. The van der Waals surface area contributed by atoms with Gasteiger partial charge in [-0.05, 0) is 18.4 Å². The van der Waals surface area contributed by atoms with Crippen LogP contribution >= 0.6 is 0 Å². The normalized spacial score (nSPS) is 19.6. The number of ketones is 1. The molecule has 4 rings (SSSR count). The first kappa shape index (κ1) is 13.2. The maximum atomic E-state index is 12.6. The molecular formula is C16H16N4O2. The van der Waals surface area contributed by atoms with Crippen molar-refractivity contribution in [3.05, 3.63) is 41.2 Å². The lowest BCUT2D eigenvalue weighted by Gasteiger charge is -2.16. The Balaban J connectivity index is 1.59. The Hall–Kier alpha value is -2.50. The first-order valence-electron chi connectivity index (χ1n) is 7.59. The third-order valence-electron chi connectivity index (χ3n) is 4.44. The summed E-state index contributed by atoms with van der Waals surface area (Å²) < 4.78 is 1.96. The average Bonchev–Trinajstić information content (AvgIpc) is 3.10. The molecule has 6 heteroatoms. The van der Waals surface area contributed by atoms with Crippen LogP contribution < -0.4 is 5.32 Å². The lowest BCUT2D eigenvalue weighted by atomic mass is 10.0. The zero-order chi connectivity index (χ0) is 15.1. The molecule has 1 unspecified atom stereocenters. The largest absolute Gasteiger partial charge is 0.297 e. The molecule has 2 heterocycles. The number of aryl methyl sites for hydroxylation is 1. The second kappa shape index (κ2) is 5.05. The molecule has 22 heavy (non-hydrogen) atoms. The standard InChI is InChI=1S/C16H16N4O2/c21-13-9-12(10-5-1-2-6-11(10)13)15(22)17-16-19-18-14-7-3-4-8-20(14)16/h1-2,5-6,12H,3-4,7-9H2,(H,17,19,22). The number of anilines is 1. The summed E-state index contributed by atoms with van der Waals surface area (Å²) >= 11 is 0. The van der Waals surface area contributed by atoms with Gasteiger partial charge in [-0.15, -0.1) is 10.2 Å². The number of fused-ring (bicyclic) bond motifs is 2. The van der Waals surface area contributed by atoms with Crippen molar-refractivity contribution < 1.29 is 9.59 Å². The number of rotatable bonds is 2. The molecule has 0 saturated heterocycles. The molecule has 1 aliphatic carbocycles. The highest BCUT2D eigenvalue weighted by molar-refractivity contribution is 6.09. The quantitative estimate of drug-likeness (QED) is 0.918. The molecule has 1 N–H and O–H groups in total. The SMILES string of the molecule is O=C1CC(C(=O)Nc2nnc3n2CCCC3)c2ccccc21. The first-order valence-corrected chi connectivity index (χ1v) is 7.59. The van der Waals surface area contributed by atoms with Gasteiger partial charge in [0.1, 0.15) is 5.82 Å². The first-order chi connectivity index (χ1) is 10.7. The van der Waals surface area contributed by atoms with Gasteiger partial charge in [0.25, 0.3) is 0 Å². The summed E-state index contributed by atoms with van der Waals surface area (Å²) in [6.45, 7) is 0.831. The van der Waals surface area contributed by atoms with Gasteiger partial charge in [0.2, 0.25) is 11.9 Å². The fourth-order valence-electron chi connectivity index (χ4n) is 3.29. The van der Waals surface area contributed by atoms with E-state index in [0.29, 0.717) is 11.5 Å². The van der Waals surface area contributed by atoms with Crippen LogP contribution in [0.5, 0.6) is 0 Å². The van der Waals surface area contributed by atoms with E-state index in [9.17, 15) is 9.59 Å². The minimum Gasteiger partial charge on any atom is -0.297 e. The number of nitrogens with zero attached hydrogens (tertiary/aromatic N) is 3. The van der Waals surface area contributed by atoms with Crippen LogP contribution in [0.1, 0.15) is 46.9 Å². The van der Waals surface area contributed by atoms with Crippen LogP contribution in [-0.4, -0.2) is 26.5 Å². The molecule has 0 fully saturated rings. The van der Waals surface area contributed by atoms with E-state index in [-0.39, 0.29) is 18.1 Å². The smallest absolute Gasteiger partial charge is 0.234 e. The van der Waals surface area contributed by atoms with Gasteiger partial charge in [0.05, 0.1) is 5.92 Å². The molecule has 0 radical (unpaired) electrons.